The van der Waals surface area contributed by atoms with Crippen molar-refractivity contribution < 1.29 is 9.53 Å². The molecule has 8 heteroatoms. The van der Waals surface area contributed by atoms with E-state index in [1.54, 1.807) is 10.7 Å². The zero-order valence-corrected chi connectivity index (χ0v) is 15.2. The fourth-order valence-electron chi connectivity index (χ4n) is 2.50. The van der Waals surface area contributed by atoms with E-state index in [4.69, 9.17) is 4.74 Å². The quantitative estimate of drug-likeness (QED) is 0.771. The maximum absolute atomic E-state index is 12.5. The first-order chi connectivity index (χ1) is 12.3. The molecule has 0 unspecified atom stereocenters. The fraction of sp³-hybridized carbons (Fsp3) is 0.333. The molecule has 2 heterocycles. The van der Waals surface area contributed by atoms with Gasteiger partial charge in [-0.1, -0.05) is 12.1 Å². The third-order valence-corrected chi connectivity index (χ3v) is 3.73. The summed E-state index contributed by atoms with van der Waals surface area (Å²) in [7, 11) is 0. The lowest BCUT2D eigenvalue weighted by Gasteiger charge is -2.19. The summed E-state index contributed by atoms with van der Waals surface area (Å²) in [5.41, 5.74) is 3.28. The number of benzene rings is 1. The number of aryl methyl sites for hydroxylation is 1. The molecule has 1 amide bonds. The van der Waals surface area contributed by atoms with Crippen LogP contribution in [-0.2, 0) is 10.3 Å². The van der Waals surface area contributed by atoms with Crippen molar-refractivity contribution in [1.82, 2.24) is 19.4 Å². The van der Waals surface area contributed by atoms with Crippen LogP contribution in [-0.4, -0.2) is 32.0 Å². The number of nitrogens with one attached hydrogen (secondary N) is 1. The lowest BCUT2D eigenvalue weighted by atomic mass is 10.1. The van der Waals surface area contributed by atoms with Crippen LogP contribution < -0.4 is 15.7 Å². The number of hydrogen-bond donors (Lipinski definition) is 1. The maximum atomic E-state index is 12.5. The standard InChI is InChI=1S/C18H21N5O3/c1-12-6-5-7-13(8-12)26-10-15(24)21-22-11-19-16-14(17(22)25)9-20-23(16)18(2,3)4/h5-9,11H,10H2,1-4H3,(H,21,24). The molecule has 0 radical (unpaired) electrons. The van der Waals surface area contributed by atoms with E-state index in [1.807, 2.05) is 45.9 Å². The molecule has 0 aliphatic rings. The van der Waals surface area contributed by atoms with E-state index in [2.05, 4.69) is 15.5 Å². The number of ether oxygens (including phenoxy) is 1. The first kappa shape index (κ1) is 17.7. The van der Waals surface area contributed by atoms with Gasteiger partial charge in [0.05, 0.1) is 11.7 Å². The summed E-state index contributed by atoms with van der Waals surface area (Å²) in [6.07, 6.45) is 2.74. The molecular formula is C18H21N5O3. The minimum Gasteiger partial charge on any atom is -0.484 e. The minimum atomic E-state index is -0.460. The first-order valence-corrected chi connectivity index (χ1v) is 8.21. The molecule has 136 valence electrons. The average molecular weight is 355 g/mol. The summed E-state index contributed by atoms with van der Waals surface area (Å²) in [4.78, 5) is 28.9. The number of carbonyl (C=O) groups excluding carboxylic acids is 1. The smallest absolute Gasteiger partial charge is 0.283 e. The molecule has 0 aliphatic heterocycles. The molecule has 26 heavy (non-hydrogen) atoms. The molecule has 0 aliphatic carbocycles. The second-order valence-electron chi connectivity index (χ2n) is 7.02. The van der Waals surface area contributed by atoms with Crippen LogP contribution in [0.5, 0.6) is 5.75 Å². The molecule has 2 aromatic heterocycles. The Morgan fingerprint density at radius 2 is 2.08 bits per heavy atom. The van der Waals surface area contributed by atoms with Crippen molar-refractivity contribution in [3.05, 3.63) is 52.7 Å². The van der Waals surface area contributed by atoms with Gasteiger partial charge in [0.25, 0.3) is 11.5 Å². The van der Waals surface area contributed by atoms with E-state index in [0.29, 0.717) is 16.8 Å². The third-order valence-electron chi connectivity index (χ3n) is 3.73. The van der Waals surface area contributed by atoms with E-state index in [9.17, 15) is 9.59 Å². The maximum Gasteiger partial charge on any atom is 0.283 e. The highest BCUT2D eigenvalue weighted by molar-refractivity contribution is 5.85. The Morgan fingerprint density at radius 3 is 2.77 bits per heavy atom. The number of carbonyl (C=O) groups is 1. The van der Waals surface area contributed by atoms with E-state index in [-0.39, 0.29) is 12.1 Å². The lowest BCUT2D eigenvalue weighted by Crippen LogP contribution is -2.36. The third kappa shape index (κ3) is 3.58. The van der Waals surface area contributed by atoms with Crippen molar-refractivity contribution in [2.24, 2.45) is 0 Å². The number of nitrogens with zero attached hydrogens (tertiary/aromatic N) is 4. The van der Waals surface area contributed by atoms with Gasteiger partial charge in [-0.3, -0.25) is 15.0 Å². The van der Waals surface area contributed by atoms with Crippen molar-refractivity contribution in [1.29, 1.82) is 0 Å². The Kier molecular flexibility index (Phi) is 4.50. The van der Waals surface area contributed by atoms with Crippen LogP contribution in [0.3, 0.4) is 0 Å². The van der Waals surface area contributed by atoms with E-state index in [0.717, 1.165) is 10.2 Å². The van der Waals surface area contributed by atoms with Gasteiger partial charge in [0, 0.05) is 0 Å². The van der Waals surface area contributed by atoms with Gasteiger partial charge in [0.15, 0.2) is 12.3 Å². The van der Waals surface area contributed by atoms with Gasteiger partial charge >= 0.3 is 0 Å². The van der Waals surface area contributed by atoms with Crippen LogP contribution in [0.4, 0.5) is 0 Å². The number of hydrogen-bond acceptors (Lipinski definition) is 5. The number of aromatic nitrogens is 4. The normalized spacial score (nSPS) is 11.5. The first-order valence-electron chi connectivity index (χ1n) is 8.21. The summed E-state index contributed by atoms with van der Waals surface area (Å²) >= 11 is 0. The molecule has 0 atom stereocenters. The highest BCUT2D eigenvalue weighted by atomic mass is 16.5. The molecule has 0 saturated carbocycles. The van der Waals surface area contributed by atoms with E-state index < -0.39 is 11.5 Å². The van der Waals surface area contributed by atoms with Crippen LogP contribution in [0.15, 0.2) is 41.6 Å². The van der Waals surface area contributed by atoms with Gasteiger partial charge in [0.2, 0.25) is 0 Å². The molecule has 3 rings (SSSR count). The van der Waals surface area contributed by atoms with Crippen LogP contribution in [0.25, 0.3) is 11.0 Å². The predicted molar refractivity (Wildman–Crippen MR) is 97.8 cm³/mol. The van der Waals surface area contributed by atoms with Crippen LogP contribution in [0.1, 0.15) is 26.3 Å². The van der Waals surface area contributed by atoms with Crippen LogP contribution >= 0.6 is 0 Å². The van der Waals surface area contributed by atoms with Crippen molar-refractivity contribution in [2.75, 3.05) is 12.0 Å². The molecule has 3 aromatic rings. The number of rotatable bonds is 4. The van der Waals surface area contributed by atoms with Crippen molar-refractivity contribution in [3.63, 3.8) is 0 Å². The van der Waals surface area contributed by atoms with Crippen LogP contribution in [0.2, 0.25) is 0 Å². The van der Waals surface area contributed by atoms with E-state index in [1.165, 1.54) is 12.5 Å². The van der Waals surface area contributed by atoms with Gasteiger partial charge in [-0.05, 0) is 45.4 Å². The van der Waals surface area contributed by atoms with Gasteiger partial charge in [-0.15, -0.1) is 0 Å². The summed E-state index contributed by atoms with van der Waals surface area (Å²) in [5, 5.41) is 4.57. The van der Waals surface area contributed by atoms with Crippen molar-refractivity contribution in [2.45, 2.75) is 33.2 Å². The summed E-state index contributed by atoms with van der Waals surface area (Å²) in [5.74, 6) is 0.130. The van der Waals surface area contributed by atoms with Crippen LogP contribution in [0, 0.1) is 6.92 Å². The highest BCUT2D eigenvalue weighted by Gasteiger charge is 2.20. The number of amides is 1. The second kappa shape index (κ2) is 6.62. The lowest BCUT2D eigenvalue weighted by molar-refractivity contribution is -0.119. The largest absolute Gasteiger partial charge is 0.484 e. The predicted octanol–water partition coefficient (Wildman–Crippen LogP) is 1.81. The van der Waals surface area contributed by atoms with E-state index >= 15 is 0 Å². The Bertz CT molecular complexity index is 1010. The molecule has 0 fully saturated rings. The van der Waals surface area contributed by atoms with Gasteiger partial charge in [-0.25, -0.2) is 14.3 Å². The van der Waals surface area contributed by atoms with Crippen molar-refractivity contribution >= 4 is 16.9 Å². The molecule has 8 nitrogen and oxygen atoms in total. The molecule has 0 saturated heterocycles. The highest BCUT2D eigenvalue weighted by Crippen LogP contribution is 2.17. The molecule has 1 N–H and O–H groups in total. The summed E-state index contributed by atoms with van der Waals surface area (Å²) < 4.78 is 8.15. The Morgan fingerprint density at radius 1 is 1.31 bits per heavy atom. The molecular weight excluding hydrogens is 334 g/mol. The Balaban J connectivity index is 1.75. The fourth-order valence-corrected chi connectivity index (χ4v) is 2.50. The monoisotopic (exact) mass is 355 g/mol. The zero-order chi connectivity index (χ0) is 18.9. The minimum absolute atomic E-state index is 0.213. The number of fused-ring (bicyclic) bond motifs is 1. The molecule has 1 aromatic carbocycles. The average Bonchev–Trinajstić information content (AvgIpc) is 3.01. The Labute approximate surface area is 150 Å². The summed E-state index contributed by atoms with van der Waals surface area (Å²) in [6, 6.07) is 7.37. The SMILES string of the molecule is Cc1cccc(OCC(=O)Nn2cnc3c(cnn3C(C)(C)C)c2=O)c1. The summed E-state index contributed by atoms with van der Waals surface area (Å²) in [6.45, 7) is 7.63. The molecule has 0 spiro atoms. The second-order valence-corrected chi connectivity index (χ2v) is 7.02. The van der Waals surface area contributed by atoms with Crippen molar-refractivity contribution in [3.8, 4) is 5.75 Å². The molecule has 0 bridgehead atoms. The topological polar surface area (TPSA) is 91.0 Å². The Hall–Kier alpha value is -3.16. The van der Waals surface area contributed by atoms with Gasteiger partial charge in [0.1, 0.15) is 17.5 Å². The van der Waals surface area contributed by atoms with Gasteiger partial charge < -0.3 is 4.74 Å². The van der Waals surface area contributed by atoms with Gasteiger partial charge in [-0.2, -0.15) is 5.10 Å². The zero-order valence-electron chi connectivity index (χ0n) is 15.2.